The molecule has 1 saturated heterocycles. The lowest BCUT2D eigenvalue weighted by atomic mass is 9.70. The molecule has 2 saturated carbocycles. The maximum Gasteiger partial charge on any atom is 0.362 e. The van der Waals surface area contributed by atoms with Gasteiger partial charge >= 0.3 is 5.97 Å². The van der Waals surface area contributed by atoms with Gasteiger partial charge in [0.2, 0.25) is 0 Å². The van der Waals surface area contributed by atoms with E-state index in [1.807, 2.05) is 0 Å². The molecule has 3 nitrogen and oxygen atoms in total. The number of quaternary nitrogens is 1. The van der Waals surface area contributed by atoms with Gasteiger partial charge in [0.05, 0.1) is 13.1 Å². The third-order valence-electron chi connectivity index (χ3n) is 7.19. The zero-order valence-electron chi connectivity index (χ0n) is 14.4. The summed E-state index contributed by atoms with van der Waals surface area (Å²) in [5.74, 6) is 0.785. The number of carbonyl (C=O) groups excluding carboxylic acids is 1. The van der Waals surface area contributed by atoms with E-state index in [4.69, 9.17) is 4.74 Å². The first-order valence-corrected chi connectivity index (χ1v) is 8.96. The number of likely N-dealkylation sites (tertiary alicyclic amines) is 1. The molecule has 3 rings (SSSR count). The van der Waals surface area contributed by atoms with Gasteiger partial charge in [-0.3, -0.25) is 0 Å². The second-order valence-corrected chi connectivity index (χ2v) is 8.43. The number of rotatable bonds is 3. The minimum atomic E-state index is 0. The Balaban J connectivity index is 0.00000176. The standard InChI is InChI=1S/C18H31NO2.ClH/c1-17(2)14-8-9-18(17,3)15(12-14)21-16(20)13-19-10-6-4-5-7-11-19;/h14-15H,4-13H2,1-3H3;1H. The number of carbonyl (C=O) groups is 1. The number of esters is 1. The lowest BCUT2D eigenvalue weighted by Gasteiger charge is -2.38. The quantitative estimate of drug-likeness (QED) is 0.688. The molecule has 0 spiro atoms. The second kappa shape index (κ2) is 6.68. The van der Waals surface area contributed by atoms with Crippen molar-refractivity contribution >= 4 is 5.97 Å². The van der Waals surface area contributed by atoms with E-state index in [1.165, 1.54) is 43.4 Å². The van der Waals surface area contributed by atoms with Gasteiger partial charge in [-0.05, 0) is 56.3 Å². The van der Waals surface area contributed by atoms with Crippen LogP contribution in [0.2, 0.25) is 0 Å². The van der Waals surface area contributed by atoms with Crippen molar-refractivity contribution in [2.75, 3.05) is 19.6 Å². The molecule has 2 bridgehead atoms. The van der Waals surface area contributed by atoms with E-state index < -0.39 is 0 Å². The second-order valence-electron chi connectivity index (χ2n) is 8.43. The van der Waals surface area contributed by atoms with Crippen molar-refractivity contribution in [1.82, 2.24) is 0 Å². The molecular weight excluding hydrogens is 298 g/mol. The van der Waals surface area contributed by atoms with E-state index in [9.17, 15) is 4.79 Å². The molecule has 3 unspecified atom stereocenters. The number of fused-ring (bicyclic) bond motifs is 2. The number of nitrogens with one attached hydrogen (secondary N) is 1. The molecule has 2 aliphatic carbocycles. The monoisotopic (exact) mass is 329 g/mol. The smallest absolute Gasteiger partial charge is 0.362 e. The third-order valence-corrected chi connectivity index (χ3v) is 7.19. The Hall–Kier alpha value is -0.280. The van der Waals surface area contributed by atoms with Gasteiger partial charge in [0.25, 0.3) is 0 Å². The van der Waals surface area contributed by atoms with Gasteiger partial charge in [-0.1, -0.05) is 20.8 Å². The van der Waals surface area contributed by atoms with Gasteiger partial charge in [0.15, 0.2) is 6.54 Å². The van der Waals surface area contributed by atoms with Crippen LogP contribution >= 0.6 is 0 Å². The SMILES string of the molecule is CC1(C)C2CCC1(C)C(OC(=O)C[NH+]1CCCCCC1)C2.[Cl-]. The number of hydrogen-bond donors (Lipinski definition) is 1. The molecule has 22 heavy (non-hydrogen) atoms. The summed E-state index contributed by atoms with van der Waals surface area (Å²) in [5, 5.41) is 0. The highest BCUT2D eigenvalue weighted by Crippen LogP contribution is 2.66. The molecule has 3 fully saturated rings. The van der Waals surface area contributed by atoms with Crippen LogP contribution < -0.4 is 17.3 Å². The largest absolute Gasteiger partial charge is 1.00 e. The van der Waals surface area contributed by atoms with Crippen LogP contribution in [-0.4, -0.2) is 31.7 Å². The van der Waals surface area contributed by atoms with Gasteiger partial charge in [-0.15, -0.1) is 0 Å². The highest BCUT2D eigenvalue weighted by atomic mass is 35.5. The molecule has 3 atom stereocenters. The molecule has 128 valence electrons. The maximum absolute atomic E-state index is 12.4. The van der Waals surface area contributed by atoms with E-state index in [0.717, 1.165) is 25.4 Å². The fraction of sp³-hybridized carbons (Fsp3) is 0.944. The lowest BCUT2D eigenvalue weighted by Crippen LogP contribution is -3.12. The Kier molecular flexibility index (Phi) is 5.49. The molecule has 4 heteroatoms. The zero-order valence-corrected chi connectivity index (χ0v) is 15.2. The normalized spacial score (nSPS) is 37.4. The van der Waals surface area contributed by atoms with Crippen molar-refractivity contribution in [2.45, 2.75) is 71.8 Å². The fourth-order valence-electron chi connectivity index (χ4n) is 5.12. The Labute approximate surface area is 141 Å². The Morgan fingerprint density at radius 1 is 1.14 bits per heavy atom. The zero-order chi connectivity index (χ0) is 15.1. The van der Waals surface area contributed by atoms with Crippen LogP contribution in [0.3, 0.4) is 0 Å². The van der Waals surface area contributed by atoms with E-state index in [0.29, 0.717) is 12.0 Å². The number of hydrogen-bond acceptors (Lipinski definition) is 2. The van der Waals surface area contributed by atoms with E-state index >= 15 is 0 Å². The van der Waals surface area contributed by atoms with Gasteiger partial charge in [0, 0.05) is 5.41 Å². The summed E-state index contributed by atoms with van der Waals surface area (Å²) in [4.78, 5) is 13.8. The summed E-state index contributed by atoms with van der Waals surface area (Å²) in [6.07, 6.45) is 8.96. The van der Waals surface area contributed by atoms with Gasteiger partial charge in [-0.25, -0.2) is 4.79 Å². The summed E-state index contributed by atoms with van der Waals surface area (Å²) in [6, 6.07) is 0. The van der Waals surface area contributed by atoms with E-state index in [-0.39, 0.29) is 29.9 Å². The summed E-state index contributed by atoms with van der Waals surface area (Å²) >= 11 is 0. The highest BCUT2D eigenvalue weighted by molar-refractivity contribution is 5.70. The van der Waals surface area contributed by atoms with E-state index in [2.05, 4.69) is 20.8 Å². The van der Waals surface area contributed by atoms with Gasteiger partial charge in [0.1, 0.15) is 6.10 Å². The summed E-state index contributed by atoms with van der Waals surface area (Å²) < 4.78 is 5.97. The number of ether oxygens (including phenoxy) is 1. The van der Waals surface area contributed by atoms with Crippen molar-refractivity contribution in [3.63, 3.8) is 0 Å². The van der Waals surface area contributed by atoms with Crippen LogP contribution in [-0.2, 0) is 9.53 Å². The predicted octanol–water partition coefficient (Wildman–Crippen LogP) is -0.793. The first-order valence-electron chi connectivity index (χ1n) is 8.96. The topological polar surface area (TPSA) is 30.7 Å². The van der Waals surface area contributed by atoms with Crippen LogP contribution in [0.25, 0.3) is 0 Å². The minimum Gasteiger partial charge on any atom is -1.00 e. The Morgan fingerprint density at radius 3 is 2.27 bits per heavy atom. The first-order chi connectivity index (χ1) is 9.93. The summed E-state index contributed by atoms with van der Waals surface area (Å²) in [7, 11) is 0. The minimum absolute atomic E-state index is 0. The molecular formula is C18H32ClNO2. The molecule has 3 aliphatic rings. The molecule has 0 aromatic rings. The fourth-order valence-corrected chi connectivity index (χ4v) is 5.12. The molecule has 0 radical (unpaired) electrons. The lowest BCUT2D eigenvalue weighted by molar-refractivity contribution is -0.891. The van der Waals surface area contributed by atoms with Crippen molar-refractivity contribution < 1.29 is 26.8 Å². The highest BCUT2D eigenvalue weighted by Gasteiger charge is 2.62. The molecule has 0 amide bonds. The average molecular weight is 330 g/mol. The van der Waals surface area contributed by atoms with Crippen molar-refractivity contribution in [3.05, 3.63) is 0 Å². The van der Waals surface area contributed by atoms with Crippen LogP contribution in [0, 0.1) is 16.7 Å². The van der Waals surface area contributed by atoms with Crippen LogP contribution in [0.1, 0.15) is 65.7 Å². The molecule has 0 aromatic heterocycles. The Bertz CT molecular complexity index is 404. The van der Waals surface area contributed by atoms with Gasteiger partial charge in [-0.2, -0.15) is 0 Å². The molecule has 0 aromatic carbocycles. The summed E-state index contributed by atoms with van der Waals surface area (Å²) in [6.45, 7) is 9.96. The van der Waals surface area contributed by atoms with Crippen LogP contribution in [0.15, 0.2) is 0 Å². The maximum atomic E-state index is 12.4. The first kappa shape index (κ1) is 18.1. The van der Waals surface area contributed by atoms with Crippen molar-refractivity contribution in [2.24, 2.45) is 16.7 Å². The third kappa shape index (κ3) is 3.03. The van der Waals surface area contributed by atoms with Crippen molar-refractivity contribution in [3.8, 4) is 0 Å². The van der Waals surface area contributed by atoms with E-state index in [1.54, 1.807) is 0 Å². The van der Waals surface area contributed by atoms with Crippen molar-refractivity contribution in [1.29, 1.82) is 0 Å². The Morgan fingerprint density at radius 2 is 1.77 bits per heavy atom. The van der Waals surface area contributed by atoms with Crippen LogP contribution in [0.5, 0.6) is 0 Å². The molecule has 1 heterocycles. The average Bonchev–Trinajstić information content (AvgIpc) is 2.69. The summed E-state index contributed by atoms with van der Waals surface area (Å²) in [5.41, 5.74) is 0.523. The predicted molar refractivity (Wildman–Crippen MR) is 83.1 cm³/mol. The molecule has 1 aliphatic heterocycles. The number of halogens is 1. The van der Waals surface area contributed by atoms with Gasteiger partial charge < -0.3 is 22.0 Å². The molecule has 1 N–H and O–H groups in total. The van der Waals surface area contributed by atoms with Crippen LogP contribution in [0.4, 0.5) is 0 Å².